The summed E-state index contributed by atoms with van der Waals surface area (Å²) < 4.78 is 10.4. The van der Waals surface area contributed by atoms with Gasteiger partial charge in [0.25, 0.3) is 0 Å². The van der Waals surface area contributed by atoms with Gasteiger partial charge in [0.2, 0.25) is 0 Å². The predicted molar refractivity (Wildman–Crippen MR) is 94.0 cm³/mol. The second-order valence-electron chi connectivity index (χ2n) is 5.35. The minimum Gasteiger partial charge on any atom is -0.497 e. The van der Waals surface area contributed by atoms with Crippen LogP contribution in [-0.2, 0) is 11.3 Å². The maximum absolute atomic E-state index is 11.6. The van der Waals surface area contributed by atoms with E-state index in [0.29, 0.717) is 0 Å². The number of methoxy groups -OCH3 is 1. The molecule has 2 aromatic rings. The summed E-state index contributed by atoms with van der Waals surface area (Å²) in [6.45, 7) is 4.46. The number of hydrogen-bond acceptors (Lipinski definition) is 3. The van der Waals surface area contributed by atoms with E-state index < -0.39 is 6.09 Å². The molecular weight excluding hydrogens is 302 g/mol. The maximum atomic E-state index is 11.6. The van der Waals surface area contributed by atoms with Crippen molar-refractivity contribution in [1.82, 2.24) is 5.32 Å². The minimum absolute atomic E-state index is 0.235. The highest BCUT2D eigenvalue weighted by atomic mass is 16.5. The highest BCUT2D eigenvalue weighted by molar-refractivity contribution is 5.67. The molecule has 0 bridgehead atoms. The van der Waals surface area contributed by atoms with Gasteiger partial charge in [0.15, 0.2) is 0 Å². The lowest BCUT2D eigenvalue weighted by molar-refractivity contribution is 0.141. The number of alkyl carbamates (subject to hydrolysis) is 1. The third-order valence-electron chi connectivity index (χ3n) is 3.49. The molecule has 24 heavy (non-hydrogen) atoms. The number of hydrogen-bond donors (Lipinski definition) is 1. The van der Waals surface area contributed by atoms with Crippen LogP contribution in [0.1, 0.15) is 22.3 Å². The van der Waals surface area contributed by atoms with Gasteiger partial charge in [0.1, 0.15) is 12.4 Å². The zero-order chi connectivity index (χ0) is 17.4. The summed E-state index contributed by atoms with van der Waals surface area (Å²) in [7, 11) is 1.64. The lowest BCUT2D eigenvalue weighted by atomic mass is 10.0. The number of carbonyl (C=O) groups is 1. The lowest BCUT2D eigenvalue weighted by Gasteiger charge is -2.07. The third kappa shape index (κ3) is 5.06. The molecule has 4 heteroatoms. The SMILES string of the molecule is COc1cc(C)c(C#CCNC(=O)OCc2ccccc2)c(C)c1. The molecule has 0 saturated heterocycles. The smallest absolute Gasteiger partial charge is 0.408 e. The third-order valence-corrected chi connectivity index (χ3v) is 3.49. The number of amides is 1. The van der Waals surface area contributed by atoms with Gasteiger partial charge in [-0.25, -0.2) is 4.79 Å². The van der Waals surface area contributed by atoms with E-state index in [1.54, 1.807) is 7.11 Å². The van der Waals surface area contributed by atoms with Gasteiger partial charge in [0, 0.05) is 5.56 Å². The largest absolute Gasteiger partial charge is 0.497 e. The quantitative estimate of drug-likeness (QED) is 0.875. The van der Waals surface area contributed by atoms with Crippen LogP contribution in [-0.4, -0.2) is 19.7 Å². The number of nitrogens with one attached hydrogen (secondary N) is 1. The topological polar surface area (TPSA) is 47.6 Å². The van der Waals surface area contributed by atoms with Crippen LogP contribution in [0, 0.1) is 25.7 Å². The van der Waals surface area contributed by atoms with Crippen molar-refractivity contribution in [3.63, 3.8) is 0 Å². The molecule has 0 radical (unpaired) electrons. The van der Waals surface area contributed by atoms with Crippen LogP contribution in [0.4, 0.5) is 4.79 Å². The number of rotatable bonds is 4. The van der Waals surface area contributed by atoms with Crippen molar-refractivity contribution >= 4 is 6.09 Å². The van der Waals surface area contributed by atoms with E-state index >= 15 is 0 Å². The Bertz CT molecular complexity index is 734. The van der Waals surface area contributed by atoms with Crippen molar-refractivity contribution < 1.29 is 14.3 Å². The Balaban J connectivity index is 1.84. The van der Waals surface area contributed by atoms with Crippen molar-refractivity contribution in [1.29, 1.82) is 0 Å². The van der Waals surface area contributed by atoms with Crippen LogP contribution in [0.3, 0.4) is 0 Å². The Morgan fingerprint density at radius 3 is 2.42 bits per heavy atom. The molecule has 0 aliphatic heterocycles. The van der Waals surface area contributed by atoms with Crippen LogP contribution < -0.4 is 10.1 Å². The van der Waals surface area contributed by atoms with Crippen molar-refractivity contribution in [2.45, 2.75) is 20.5 Å². The molecule has 1 amide bonds. The zero-order valence-electron chi connectivity index (χ0n) is 14.2. The molecule has 0 spiro atoms. The molecule has 0 aliphatic carbocycles. The van der Waals surface area contributed by atoms with E-state index in [2.05, 4.69) is 17.2 Å². The molecule has 0 aromatic heterocycles. The van der Waals surface area contributed by atoms with Gasteiger partial charge in [-0.2, -0.15) is 0 Å². The number of benzene rings is 2. The molecule has 1 N–H and O–H groups in total. The first-order valence-electron chi connectivity index (χ1n) is 7.69. The maximum Gasteiger partial charge on any atom is 0.408 e. The second kappa shape index (κ2) is 8.64. The van der Waals surface area contributed by atoms with Crippen molar-refractivity contribution in [2.24, 2.45) is 0 Å². The molecule has 0 aliphatic rings. The number of ether oxygens (including phenoxy) is 2. The monoisotopic (exact) mass is 323 g/mol. The zero-order valence-corrected chi connectivity index (χ0v) is 14.2. The Kier molecular flexibility index (Phi) is 6.27. The van der Waals surface area contributed by atoms with Crippen LogP contribution in [0.5, 0.6) is 5.75 Å². The van der Waals surface area contributed by atoms with E-state index in [9.17, 15) is 4.79 Å². The van der Waals surface area contributed by atoms with Crippen molar-refractivity contribution in [2.75, 3.05) is 13.7 Å². The van der Waals surface area contributed by atoms with Gasteiger partial charge in [-0.15, -0.1) is 0 Å². The van der Waals surface area contributed by atoms with Gasteiger partial charge in [-0.1, -0.05) is 42.2 Å². The summed E-state index contributed by atoms with van der Waals surface area (Å²) in [5.74, 6) is 6.85. The average Bonchev–Trinajstić information content (AvgIpc) is 2.59. The molecule has 124 valence electrons. The first-order chi connectivity index (χ1) is 11.6. The van der Waals surface area contributed by atoms with E-state index in [4.69, 9.17) is 9.47 Å². The minimum atomic E-state index is -0.476. The Labute approximate surface area is 142 Å². The molecule has 0 atom stereocenters. The normalized spacial score (nSPS) is 9.62. The predicted octanol–water partition coefficient (Wildman–Crippen LogP) is 3.59. The van der Waals surface area contributed by atoms with Crippen LogP contribution in [0.15, 0.2) is 42.5 Å². The molecule has 4 nitrogen and oxygen atoms in total. The van der Waals surface area contributed by atoms with E-state index in [1.165, 1.54) is 0 Å². The summed E-state index contributed by atoms with van der Waals surface area (Å²) in [5.41, 5.74) is 4.00. The summed E-state index contributed by atoms with van der Waals surface area (Å²) in [5, 5.41) is 2.63. The molecule has 2 rings (SSSR count). The molecule has 0 fully saturated rings. The number of carbonyl (C=O) groups excluding carboxylic acids is 1. The Morgan fingerprint density at radius 1 is 1.12 bits per heavy atom. The van der Waals surface area contributed by atoms with Gasteiger partial charge in [0.05, 0.1) is 13.7 Å². The highest BCUT2D eigenvalue weighted by Crippen LogP contribution is 2.20. The van der Waals surface area contributed by atoms with E-state index in [0.717, 1.165) is 28.0 Å². The van der Waals surface area contributed by atoms with E-state index in [1.807, 2.05) is 56.3 Å². The fourth-order valence-corrected chi connectivity index (χ4v) is 2.26. The molecular formula is C20H21NO3. The first-order valence-corrected chi connectivity index (χ1v) is 7.69. The summed E-state index contributed by atoms with van der Waals surface area (Å²) in [6, 6.07) is 13.4. The Hall–Kier alpha value is -2.93. The summed E-state index contributed by atoms with van der Waals surface area (Å²) in [4.78, 5) is 11.6. The fourth-order valence-electron chi connectivity index (χ4n) is 2.26. The first kappa shape index (κ1) is 17.4. The average molecular weight is 323 g/mol. The second-order valence-corrected chi connectivity index (χ2v) is 5.35. The summed E-state index contributed by atoms with van der Waals surface area (Å²) >= 11 is 0. The van der Waals surface area contributed by atoms with Crippen molar-refractivity contribution in [3.8, 4) is 17.6 Å². The molecule has 0 saturated carbocycles. The molecule has 0 unspecified atom stereocenters. The number of aryl methyl sites for hydroxylation is 2. The van der Waals surface area contributed by atoms with Crippen molar-refractivity contribution in [3.05, 3.63) is 64.7 Å². The summed E-state index contributed by atoms with van der Waals surface area (Å²) in [6.07, 6.45) is -0.476. The Morgan fingerprint density at radius 2 is 1.79 bits per heavy atom. The van der Waals surface area contributed by atoms with Crippen LogP contribution in [0.2, 0.25) is 0 Å². The van der Waals surface area contributed by atoms with Gasteiger partial charge >= 0.3 is 6.09 Å². The van der Waals surface area contributed by atoms with Crippen LogP contribution in [0.25, 0.3) is 0 Å². The van der Waals surface area contributed by atoms with Gasteiger partial charge in [-0.05, 0) is 42.7 Å². The standard InChI is InChI=1S/C20H21NO3/c1-15-12-18(23-3)13-16(2)19(15)10-7-11-21-20(22)24-14-17-8-5-4-6-9-17/h4-6,8-9,12-13H,11,14H2,1-3H3,(H,21,22). The van der Waals surface area contributed by atoms with E-state index in [-0.39, 0.29) is 13.2 Å². The van der Waals surface area contributed by atoms with Gasteiger partial charge in [-0.3, -0.25) is 0 Å². The lowest BCUT2D eigenvalue weighted by Crippen LogP contribution is -2.24. The van der Waals surface area contributed by atoms with Gasteiger partial charge < -0.3 is 14.8 Å². The molecule has 0 heterocycles. The van der Waals surface area contributed by atoms with Crippen LogP contribution >= 0.6 is 0 Å². The fraction of sp³-hybridized carbons (Fsp3) is 0.250. The highest BCUT2D eigenvalue weighted by Gasteiger charge is 2.03. The molecule has 2 aromatic carbocycles.